The Kier molecular flexibility index (Phi) is 3.96. The van der Waals surface area contributed by atoms with Crippen LogP contribution in [0.5, 0.6) is 0 Å². The van der Waals surface area contributed by atoms with Crippen LogP contribution >= 0.6 is 0 Å². The third kappa shape index (κ3) is 4.15. The zero-order chi connectivity index (χ0) is 13.9. The minimum Gasteiger partial charge on any atom is -0.244 e. The Bertz CT molecular complexity index is 647. The van der Waals surface area contributed by atoms with E-state index in [1.54, 1.807) is 4.68 Å². The maximum atomic E-state index is 11.1. The second-order valence-corrected chi connectivity index (χ2v) is 6.25. The normalized spacial score (nSPS) is 11.7. The number of aromatic nitrogens is 3. The number of sulfonamides is 1. The Balaban J connectivity index is 2.09. The lowest BCUT2D eigenvalue weighted by Gasteiger charge is -2.07. The van der Waals surface area contributed by atoms with E-state index in [9.17, 15) is 8.42 Å². The molecule has 0 amide bonds. The number of hydrogen-bond donors (Lipinski definition) is 1. The van der Waals surface area contributed by atoms with Gasteiger partial charge < -0.3 is 0 Å². The van der Waals surface area contributed by atoms with E-state index in [0.717, 1.165) is 11.8 Å². The van der Waals surface area contributed by atoms with Crippen LogP contribution in [0.2, 0.25) is 0 Å². The summed E-state index contributed by atoms with van der Waals surface area (Å²) in [6.07, 6.45) is 2.54. The van der Waals surface area contributed by atoms with Gasteiger partial charge in [-0.3, -0.25) is 0 Å². The average Bonchev–Trinajstić information content (AvgIpc) is 2.76. The van der Waals surface area contributed by atoms with Crippen LogP contribution in [0.1, 0.15) is 17.0 Å². The topological polar surface area (TPSA) is 76.9 Å². The van der Waals surface area contributed by atoms with Gasteiger partial charge in [-0.2, -0.15) is 5.10 Å². The van der Waals surface area contributed by atoms with Gasteiger partial charge in [-0.1, -0.05) is 29.8 Å². The zero-order valence-electron chi connectivity index (χ0n) is 10.9. The van der Waals surface area contributed by atoms with E-state index in [0.29, 0.717) is 12.4 Å². The molecule has 1 N–H and O–H groups in total. The zero-order valence-corrected chi connectivity index (χ0v) is 11.7. The molecule has 7 heteroatoms. The van der Waals surface area contributed by atoms with Crippen molar-refractivity contribution in [2.45, 2.75) is 20.0 Å². The van der Waals surface area contributed by atoms with E-state index >= 15 is 0 Å². The fraction of sp³-hybridized carbons (Fsp3) is 0.333. The van der Waals surface area contributed by atoms with Crippen LogP contribution in [0.15, 0.2) is 30.6 Å². The summed E-state index contributed by atoms with van der Waals surface area (Å²) in [7, 11) is -3.23. The SMILES string of the molecule is Cc1ccc(Cn2ncnc2CNS(C)(=O)=O)cc1. The van der Waals surface area contributed by atoms with E-state index in [1.807, 2.05) is 31.2 Å². The molecule has 1 aromatic heterocycles. The summed E-state index contributed by atoms with van der Waals surface area (Å²) >= 11 is 0. The van der Waals surface area contributed by atoms with Crippen LogP contribution in [0.4, 0.5) is 0 Å². The summed E-state index contributed by atoms with van der Waals surface area (Å²) < 4.78 is 26.2. The van der Waals surface area contributed by atoms with Crippen molar-refractivity contribution in [2.75, 3.05) is 6.26 Å². The molecule has 0 unspecified atom stereocenters. The molecular formula is C12H16N4O2S. The molecule has 0 bridgehead atoms. The molecule has 2 rings (SSSR count). The molecule has 2 aromatic rings. The molecule has 0 aliphatic heterocycles. The van der Waals surface area contributed by atoms with E-state index < -0.39 is 10.0 Å². The lowest BCUT2D eigenvalue weighted by atomic mass is 10.1. The van der Waals surface area contributed by atoms with Gasteiger partial charge >= 0.3 is 0 Å². The molecule has 0 aliphatic rings. The first-order valence-electron chi connectivity index (χ1n) is 5.81. The van der Waals surface area contributed by atoms with Gasteiger partial charge in [-0.25, -0.2) is 22.8 Å². The van der Waals surface area contributed by atoms with Crippen molar-refractivity contribution in [3.63, 3.8) is 0 Å². The van der Waals surface area contributed by atoms with Crippen molar-refractivity contribution in [2.24, 2.45) is 0 Å². The standard InChI is InChI=1S/C12H16N4O2S/c1-10-3-5-11(6-4-10)8-16-12(13-9-14-16)7-15-19(2,17)18/h3-6,9,15H,7-8H2,1-2H3. The molecule has 0 radical (unpaired) electrons. The Labute approximate surface area is 112 Å². The lowest BCUT2D eigenvalue weighted by molar-refractivity contribution is 0.576. The van der Waals surface area contributed by atoms with Crippen molar-refractivity contribution in [3.8, 4) is 0 Å². The molecule has 19 heavy (non-hydrogen) atoms. The van der Waals surface area contributed by atoms with Gasteiger partial charge in [0, 0.05) is 0 Å². The van der Waals surface area contributed by atoms with Crippen molar-refractivity contribution in [1.82, 2.24) is 19.5 Å². The van der Waals surface area contributed by atoms with Crippen molar-refractivity contribution >= 4 is 10.0 Å². The minimum atomic E-state index is -3.23. The molecule has 0 fully saturated rings. The summed E-state index contributed by atoms with van der Waals surface area (Å²) in [5.74, 6) is 0.589. The van der Waals surface area contributed by atoms with Crippen LogP contribution in [0.25, 0.3) is 0 Å². The second-order valence-electron chi connectivity index (χ2n) is 4.41. The number of aryl methyl sites for hydroxylation is 1. The van der Waals surface area contributed by atoms with Gasteiger partial charge in [0.05, 0.1) is 19.3 Å². The Morgan fingerprint density at radius 3 is 2.58 bits per heavy atom. The number of benzene rings is 1. The molecule has 0 saturated heterocycles. The highest BCUT2D eigenvalue weighted by Crippen LogP contribution is 2.06. The Morgan fingerprint density at radius 2 is 1.95 bits per heavy atom. The Hall–Kier alpha value is -1.73. The Morgan fingerprint density at radius 1 is 1.26 bits per heavy atom. The highest BCUT2D eigenvalue weighted by atomic mass is 32.2. The fourth-order valence-corrected chi connectivity index (χ4v) is 2.01. The molecule has 0 saturated carbocycles. The van der Waals surface area contributed by atoms with Gasteiger partial charge in [-0.15, -0.1) is 0 Å². The predicted octanol–water partition coefficient (Wildman–Crippen LogP) is 0.684. The van der Waals surface area contributed by atoms with E-state index in [1.165, 1.54) is 11.9 Å². The van der Waals surface area contributed by atoms with Crippen molar-refractivity contribution < 1.29 is 8.42 Å². The first-order valence-corrected chi connectivity index (χ1v) is 7.70. The van der Waals surface area contributed by atoms with Gasteiger partial charge in [0.25, 0.3) is 0 Å². The maximum absolute atomic E-state index is 11.1. The summed E-state index contributed by atoms with van der Waals surface area (Å²) in [4.78, 5) is 4.06. The summed E-state index contributed by atoms with van der Waals surface area (Å²) in [6, 6.07) is 8.09. The first-order chi connectivity index (χ1) is 8.94. The van der Waals surface area contributed by atoms with E-state index in [2.05, 4.69) is 14.8 Å². The second kappa shape index (κ2) is 5.50. The third-order valence-corrected chi connectivity index (χ3v) is 3.31. The summed E-state index contributed by atoms with van der Waals surface area (Å²) in [5.41, 5.74) is 2.29. The first kappa shape index (κ1) is 13.7. The number of nitrogens with zero attached hydrogens (tertiary/aromatic N) is 3. The molecule has 0 atom stereocenters. The van der Waals surface area contributed by atoms with Crippen LogP contribution in [-0.4, -0.2) is 29.4 Å². The third-order valence-electron chi connectivity index (χ3n) is 2.64. The van der Waals surface area contributed by atoms with Crippen molar-refractivity contribution in [3.05, 3.63) is 47.5 Å². The van der Waals surface area contributed by atoms with Gasteiger partial charge in [-0.05, 0) is 12.5 Å². The largest absolute Gasteiger partial charge is 0.244 e. The fourth-order valence-electron chi connectivity index (χ4n) is 1.62. The molecule has 0 aliphatic carbocycles. The number of hydrogen-bond acceptors (Lipinski definition) is 4. The highest BCUT2D eigenvalue weighted by Gasteiger charge is 2.08. The summed E-state index contributed by atoms with van der Waals surface area (Å²) in [5, 5.41) is 4.11. The maximum Gasteiger partial charge on any atom is 0.209 e. The predicted molar refractivity (Wildman–Crippen MR) is 72.0 cm³/mol. The smallest absolute Gasteiger partial charge is 0.209 e. The molecular weight excluding hydrogens is 264 g/mol. The van der Waals surface area contributed by atoms with Gasteiger partial charge in [0.2, 0.25) is 10.0 Å². The highest BCUT2D eigenvalue weighted by molar-refractivity contribution is 7.88. The molecule has 1 heterocycles. The van der Waals surface area contributed by atoms with Gasteiger partial charge in [0.15, 0.2) is 0 Å². The van der Waals surface area contributed by atoms with Crippen LogP contribution in [0, 0.1) is 6.92 Å². The van der Waals surface area contributed by atoms with Gasteiger partial charge in [0.1, 0.15) is 12.2 Å². The van der Waals surface area contributed by atoms with Crippen LogP contribution < -0.4 is 4.72 Å². The number of nitrogens with one attached hydrogen (secondary N) is 1. The lowest BCUT2D eigenvalue weighted by Crippen LogP contribution is -2.23. The molecule has 1 aromatic carbocycles. The average molecular weight is 280 g/mol. The molecule has 6 nitrogen and oxygen atoms in total. The number of rotatable bonds is 5. The van der Waals surface area contributed by atoms with Crippen molar-refractivity contribution in [1.29, 1.82) is 0 Å². The van der Waals surface area contributed by atoms with E-state index in [-0.39, 0.29) is 6.54 Å². The molecule has 0 spiro atoms. The van der Waals surface area contributed by atoms with E-state index in [4.69, 9.17) is 0 Å². The van der Waals surface area contributed by atoms with Crippen LogP contribution in [-0.2, 0) is 23.1 Å². The summed E-state index contributed by atoms with van der Waals surface area (Å²) in [6.45, 7) is 2.74. The molecule has 102 valence electrons. The van der Waals surface area contributed by atoms with Crippen LogP contribution in [0.3, 0.4) is 0 Å². The minimum absolute atomic E-state index is 0.144. The quantitative estimate of drug-likeness (QED) is 0.874. The monoisotopic (exact) mass is 280 g/mol.